The Hall–Kier alpha value is -2.26. The fourth-order valence-corrected chi connectivity index (χ4v) is 5.78. The van der Waals surface area contributed by atoms with E-state index >= 15 is 0 Å². The molecule has 0 aliphatic carbocycles. The highest BCUT2D eigenvalue weighted by Crippen LogP contribution is 2.31. The summed E-state index contributed by atoms with van der Waals surface area (Å²) in [6, 6.07) is 11.3. The number of nitrogens with zero attached hydrogens (tertiary/aromatic N) is 1. The molecular formula is C18H22N2O5S2. The van der Waals surface area contributed by atoms with E-state index in [4.69, 9.17) is 4.74 Å². The summed E-state index contributed by atoms with van der Waals surface area (Å²) >= 11 is 0. The maximum absolute atomic E-state index is 12.9. The van der Waals surface area contributed by atoms with Crippen LogP contribution >= 0.6 is 0 Å². The zero-order valence-corrected chi connectivity index (χ0v) is 16.8. The van der Waals surface area contributed by atoms with Crippen molar-refractivity contribution in [1.82, 2.24) is 0 Å². The zero-order chi connectivity index (χ0) is 19.7. The third kappa shape index (κ3) is 4.03. The molecule has 27 heavy (non-hydrogen) atoms. The molecule has 3 rings (SSSR count). The first-order valence-corrected chi connectivity index (χ1v) is 11.7. The Morgan fingerprint density at radius 2 is 1.93 bits per heavy atom. The number of para-hydroxylation sites is 1. The molecule has 2 aromatic rings. The molecule has 146 valence electrons. The topological polar surface area (TPSA) is 92.8 Å². The number of aryl methyl sites for hydroxylation is 1. The number of hydrogen-bond donors (Lipinski definition) is 1. The number of nitrogens with one attached hydrogen (secondary N) is 1. The Morgan fingerprint density at radius 1 is 1.19 bits per heavy atom. The summed E-state index contributed by atoms with van der Waals surface area (Å²) in [6.45, 7) is 4.27. The van der Waals surface area contributed by atoms with Crippen LogP contribution in [0.2, 0.25) is 0 Å². The Labute approximate surface area is 160 Å². The van der Waals surface area contributed by atoms with E-state index in [1.165, 1.54) is 10.4 Å². The second-order valence-corrected chi connectivity index (χ2v) is 9.89. The minimum Gasteiger partial charge on any atom is -0.492 e. The molecule has 1 saturated heterocycles. The van der Waals surface area contributed by atoms with Gasteiger partial charge in [0.2, 0.25) is 10.0 Å². The second kappa shape index (κ2) is 7.40. The van der Waals surface area contributed by atoms with E-state index in [1.807, 2.05) is 0 Å². The van der Waals surface area contributed by atoms with Crippen LogP contribution in [0.5, 0.6) is 5.75 Å². The summed E-state index contributed by atoms with van der Waals surface area (Å²) in [7, 11) is -7.24. The van der Waals surface area contributed by atoms with Gasteiger partial charge in [0.1, 0.15) is 10.6 Å². The number of hydrogen-bond acceptors (Lipinski definition) is 5. The number of rotatable bonds is 6. The Balaban J connectivity index is 1.97. The molecule has 0 saturated carbocycles. The molecule has 0 amide bonds. The van der Waals surface area contributed by atoms with E-state index in [0.717, 1.165) is 0 Å². The first-order valence-electron chi connectivity index (χ1n) is 8.60. The standard InChI is InChI=1S/C18H22N2O5S2/c1-3-25-17-7-4-5-8-18(17)27(23,24)19-16-13-15(10-9-14(16)2)20-11-6-12-26(20,21)22/h4-5,7-10,13,19H,3,6,11-12H2,1-2H3. The summed E-state index contributed by atoms with van der Waals surface area (Å²) in [5, 5.41) is 0. The van der Waals surface area contributed by atoms with Crippen molar-refractivity contribution in [2.75, 3.05) is 27.9 Å². The van der Waals surface area contributed by atoms with Gasteiger partial charge in [0.25, 0.3) is 10.0 Å². The highest BCUT2D eigenvalue weighted by Gasteiger charge is 2.29. The minimum atomic E-state index is -3.90. The molecule has 2 aromatic carbocycles. The smallest absolute Gasteiger partial charge is 0.265 e. The molecule has 1 fully saturated rings. The van der Waals surface area contributed by atoms with Crippen LogP contribution in [0.4, 0.5) is 11.4 Å². The van der Waals surface area contributed by atoms with Gasteiger partial charge in [0, 0.05) is 6.54 Å². The van der Waals surface area contributed by atoms with Crippen LogP contribution in [-0.4, -0.2) is 35.7 Å². The average Bonchev–Trinajstić information content (AvgIpc) is 2.96. The van der Waals surface area contributed by atoms with Crippen molar-refractivity contribution >= 4 is 31.4 Å². The lowest BCUT2D eigenvalue weighted by atomic mass is 10.2. The lowest BCUT2D eigenvalue weighted by molar-refractivity contribution is 0.331. The molecule has 0 bridgehead atoms. The molecule has 0 aromatic heterocycles. The minimum absolute atomic E-state index is 0.0328. The van der Waals surface area contributed by atoms with Crippen LogP contribution < -0.4 is 13.8 Å². The zero-order valence-electron chi connectivity index (χ0n) is 15.2. The molecule has 7 nitrogen and oxygen atoms in total. The van der Waals surface area contributed by atoms with Crippen LogP contribution in [-0.2, 0) is 20.0 Å². The predicted octanol–water partition coefficient (Wildman–Crippen LogP) is 2.73. The normalized spacial score (nSPS) is 16.3. The SMILES string of the molecule is CCOc1ccccc1S(=O)(=O)Nc1cc(N2CCCS2(=O)=O)ccc1C. The molecule has 1 aliphatic rings. The first kappa shape index (κ1) is 19.5. The Kier molecular flexibility index (Phi) is 5.34. The lowest BCUT2D eigenvalue weighted by Gasteiger charge is -2.19. The Bertz CT molecular complexity index is 1050. The van der Waals surface area contributed by atoms with E-state index in [-0.39, 0.29) is 16.4 Å². The molecule has 0 unspecified atom stereocenters. The van der Waals surface area contributed by atoms with Gasteiger partial charge in [-0.25, -0.2) is 16.8 Å². The van der Waals surface area contributed by atoms with E-state index in [0.29, 0.717) is 36.5 Å². The fraction of sp³-hybridized carbons (Fsp3) is 0.333. The van der Waals surface area contributed by atoms with Gasteiger partial charge in [-0.15, -0.1) is 0 Å². The second-order valence-electron chi connectivity index (χ2n) is 6.23. The monoisotopic (exact) mass is 410 g/mol. The van der Waals surface area contributed by atoms with Crippen molar-refractivity contribution in [3.63, 3.8) is 0 Å². The van der Waals surface area contributed by atoms with E-state index in [2.05, 4.69) is 4.72 Å². The molecule has 0 spiro atoms. The average molecular weight is 411 g/mol. The third-order valence-electron chi connectivity index (χ3n) is 4.29. The summed E-state index contributed by atoms with van der Waals surface area (Å²) in [4.78, 5) is 0.0328. The van der Waals surface area contributed by atoms with Gasteiger partial charge >= 0.3 is 0 Å². The summed E-state index contributed by atoms with van der Waals surface area (Å²) in [5.74, 6) is 0.368. The maximum atomic E-state index is 12.9. The highest BCUT2D eigenvalue weighted by atomic mass is 32.2. The van der Waals surface area contributed by atoms with E-state index in [9.17, 15) is 16.8 Å². The van der Waals surface area contributed by atoms with Gasteiger partial charge in [-0.1, -0.05) is 18.2 Å². The molecule has 1 aliphatic heterocycles. The largest absolute Gasteiger partial charge is 0.492 e. The van der Waals surface area contributed by atoms with Gasteiger partial charge in [0.15, 0.2) is 0 Å². The molecule has 9 heteroatoms. The van der Waals surface area contributed by atoms with Crippen LogP contribution in [0, 0.1) is 6.92 Å². The van der Waals surface area contributed by atoms with Crippen LogP contribution in [0.1, 0.15) is 18.9 Å². The van der Waals surface area contributed by atoms with Gasteiger partial charge in [-0.2, -0.15) is 0 Å². The molecule has 0 radical (unpaired) electrons. The quantitative estimate of drug-likeness (QED) is 0.790. The Morgan fingerprint density at radius 3 is 2.59 bits per heavy atom. The summed E-state index contributed by atoms with van der Waals surface area (Å²) in [5.41, 5.74) is 1.47. The summed E-state index contributed by atoms with van der Waals surface area (Å²) < 4.78 is 59.4. The van der Waals surface area contributed by atoms with Crippen LogP contribution in [0.3, 0.4) is 0 Å². The van der Waals surface area contributed by atoms with E-state index < -0.39 is 20.0 Å². The lowest BCUT2D eigenvalue weighted by Crippen LogP contribution is -2.25. The van der Waals surface area contributed by atoms with Crippen molar-refractivity contribution < 1.29 is 21.6 Å². The number of sulfonamides is 2. The van der Waals surface area contributed by atoms with Gasteiger partial charge < -0.3 is 4.74 Å². The maximum Gasteiger partial charge on any atom is 0.265 e. The molecule has 1 heterocycles. The van der Waals surface area contributed by atoms with Crippen molar-refractivity contribution in [2.45, 2.75) is 25.2 Å². The number of anilines is 2. The fourth-order valence-electron chi connectivity index (χ4n) is 2.95. The van der Waals surface area contributed by atoms with Crippen molar-refractivity contribution in [2.24, 2.45) is 0 Å². The summed E-state index contributed by atoms with van der Waals surface area (Å²) in [6.07, 6.45) is 0.555. The van der Waals surface area contributed by atoms with Gasteiger partial charge in [0.05, 0.1) is 23.7 Å². The molecule has 1 N–H and O–H groups in total. The third-order valence-corrected chi connectivity index (χ3v) is 7.57. The van der Waals surface area contributed by atoms with Crippen LogP contribution in [0.25, 0.3) is 0 Å². The van der Waals surface area contributed by atoms with Crippen LogP contribution in [0.15, 0.2) is 47.4 Å². The highest BCUT2D eigenvalue weighted by molar-refractivity contribution is 7.93. The van der Waals surface area contributed by atoms with Crippen molar-refractivity contribution in [1.29, 1.82) is 0 Å². The van der Waals surface area contributed by atoms with E-state index in [1.54, 1.807) is 50.2 Å². The first-order chi connectivity index (χ1) is 12.7. The molecule has 0 atom stereocenters. The van der Waals surface area contributed by atoms with Gasteiger partial charge in [-0.05, 0) is 50.1 Å². The van der Waals surface area contributed by atoms with Crippen molar-refractivity contribution in [3.8, 4) is 5.75 Å². The van der Waals surface area contributed by atoms with Crippen molar-refractivity contribution in [3.05, 3.63) is 48.0 Å². The predicted molar refractivity (Wildman–Crippen MR) is 105 cm³/mol. The molecular weight excluding hydrogens is 388 g/mol. The number of ether oxygens (including phenoxy) is 1. The van der Waals surface area contributed by atoms with Gasteiger partial charge in [-0.3, -0.25) is 9.03 Å². The number of benzene rings is 2.